The van der Waals surface area contributed by atoms with Crippen LogP contribution in [0.1, 0.15) is 44.1 Å². The molecule has 5 heteroatoms. The van der Waals surface area contributed by atoms with Crippen LogP contribution in [-0.2, 0) is 11.3 Å². The second-order valence-corrected chi connectivity index (χ2v) is 7.10. The molecule has 0 saturated heterocycles. The fraction of sp³-hybridized carbons (Fsp3) is 0.500. The number of aromatic nitrogens is 2. The number of primary amides is 1. The Morgan fingerprint density at radius 1 is 1.20 bits per heavy atom. The van der Waals surface area contributed by atoms with Gasteiger partial charge in [-0.1, -0.05) is 50.3 Å². The zero-order valence-electron chi connectivity index (χ0n) is 14.8. The Hall–Kier alpha value is -2.14. The normalized spacial score (nSPS) is 15.6. The van der Waals surface area contributed by atoms with Crippen molar-refractivity contribution in [1.82, 2.24) is 14.7 Å². The molecular formula is C20H28N4O. The highest BCUT2D eigenvalue weighted by atomic mass is 16.1. The van der Waals surface area contributed by atoms with Crippen LogP contribution in [0.4, 0.5) is 0 Å². The van der Waals surface area contributed by atoms with Crippen molar-refractivity contribution in [1.29, 1.82) is 0 Å². The molecule has 0 spiro atoms. The highest BCUT2D eigenvalue weighted by Gasteiger charge is 2.16. The van der Waals surface area contributed by atoms with E-state index < -0.39 is 0 Å². The van der Waals surface area contributed by atoms with Crippen LogP contribution in [0.2, 0.25) is 0 Å². The Morgan fingerprint density at radius 3 is 2.68 bits per heavy atom. The van der Waals surface area contributed by atoms with Crippen molar-refractivity contribution in [2.75, 3.05) is 13.1 Å². The van der Waals surface area contributed by atoms with Crippen LogP contribution >= 0.6 is 0 Å². The number of carbonyl (C=O) groups excluding carboxylic acids is 1. The Labute approximate surface area is 149 Å². The van der Waals surface area contributed by atoms with Crippen molar-refractivity contribution >= 4 is 5.91 Å². The number of para-hydroxylation sites is 1. The van der Waals surface area contributed by atoms with Gasteiger partial charge in [0.25, 0.3) is 0 Å². The van der Waals surface area contributed by atoms with Gasteiger partial charge in [-0.05, 0) is 31.0 Å². The van der Waals surface area contributed by atoms with Crippen LogP contribution in [0.25, 0.3) is 5.69 Å². The third-order valence-electron chi connectivity index (χ3n) is 5.02. The summed E-state index contributed by atoms with van der Waals surface area (Å²) in [6, 6.07) is 10.1. The van der Waals surface area contributed by atoms with Gasteiger partial charge in [-0.25, -0.2) is 4.68 Å². The monoisotopic (exact) mass is 340 g/mol. The summed E-state index contributed by atoms with van der Waals surface area (Å²) in [5.74, 6) is 0.537. The molecule has 5 nitrogen and oxygen atoms in total. The molecule has 1 aromatic carbocycles. The summed E-state index contributed by atoms with van der Waals surface area (Å²) in [6.45, 7) is 1.94. The maximum Gasteiger partial charge on any atom is 0.231 e. The first-order valence-corrected chi connectivity index (χ1v) is 9.30. The largest absolute Gasteiger partial charge is 0.369 e. The summed E-state index contributed by atoms with van der Waals surface area (Å²) in [5.41, 5.74) is 7.60. The van der Waals surface area contributed by atoms with E-state index in [1.807, 2.05) is 47.4 Å². The predicted octanol–water partition coefficient (Wildman–Crippen LogP) is 3.13. The fourth-order valence-corrected chi connectivity index (χ4v) is 3.70. The molecule has 0 radical (unpaired) electrons. The van der Waals surface area contributed by atoms with Crippen molar-refractivity contribution in [3.63, 3.8) is 0 Å². The first-order valence-electron chi connectivity index (χ1n) is 9.30. The molecule has 25 heavy (non-hydrogen) atoms. The topological polar surface area (TPSA) is 64.2 Å². The van der Waals surface area contributed by atoms with Crippen LogP contribution in [0.15, 0.2) is 42.7 Å². The Kier molecular flexibility index (Phi) is 6.23. The molecule has 0 aliphatic heterocycles. The van der Waals surface area contributed by atoms with Gasteiger partial charge in [-0.15, -0.1) is 0 Å². The standard InChI is InChI=1S/C20H28N4O/c21-20(25)16-23(12-11-17-7-3-1-4-8-17)14-18-13-22-24(15-18)19-9-5-2-6-10-19/h2,5-6,9-10,13,15,17H,1,3-4,7-8,11-12,14,16H2,(H2,21,25). The number of hydrogen-bond acceptors (Lipinski definition) is 3. The molecule has 134 valence electrons. The lowest BCUT2D eigenvalue weighted by Gasteiger charge is -2.26. The molecule has 1 aromatic heterocycles. The number of benzene rings is 1. The van der Waals surface area contributed by atoms with Gasteiger partial charge in [0.05, 0.1) is 18.4 Å². The number of carbonyl (C=O) groups is 1. The average molecular weight is 340 g/mol. The van der Waals surface area contributed by atoms with E-state index in [0.29, 0.717) is 13.1 Å². The quantitative estimate of drug-likeness (QED) is 0.803. The van der Waals surface area contributed by atoms with Gasteiger partial charge >= 0.3 is 0 Å². The van der Waals surface area contributed by atoms with Crippen molar-refractivity contribution < 1.29 is 4.79 Å². The molecule has 2 N–H and O–H groups in total. The minimum absolute atomic E-state index is 0.265. The summed E-state index contributed by atoms with van der Waals surface area (Å²) < 4.78 is 1.87. The molecule has 1 saturated carbocycles. The molecular weight excluding hydrogens is 312 g/mol. The summed E-state index contributed by atoms with van der Waals surface area (Å²) in [7, 11) is 0. The van der Waals surface area contributed by atoms with Crippen LogP contribution in [0, 0.1) is 5.92 Å². The van der Waals surface area contributed by atoms with Gasteiger partial charge in [-0.3, -0.25) is 9.69 Å². The Morgan fingerprint density at radius 2 is 1.96 bits per heavy atom. The van der Waals surface area contributed by atoms with E-state index in [0.717, 1.165) is 30.1 Å². The van der Waals surface area contributed by atoms with Gasteiger partial charge in [-0.2, -0.15) is 5.10 Å². The smallest absolute Gasteiger partial charge is 0.231 e. The maximum absolute atomic E-state index is 11.4. The van der Waals surface area contributed by atoms with E-state index in [-0.39, 0.29) is 5.91 Å². The third-order valence-corrected chi connectivity index (χ3v) is 5.02. The first kappa shape index (κ1) is 17.7. The van der Waals surface area contributed by atoms with Crippen LogP contribution in [0.5, 0.6) is 0 Å². The van der Waals surface area contributed by atoms with E-state index in [9.17, 15) is 4.79 Å². The lowest BCUT2D eigenvalue weighted by molar-refractivity contribution is -0.119. The number of nitrogens with two attached hydrogens (primary N) is 1. The zero-order chi connectivity index (χ0) is 17.5. The number of nitrogens with zero attached hydrogens (tertiary/aromatic N) is 3. The predicted molar refractivity (Wildman–Crippen MR) is 99.2 cm³/mol. The molecule has 0 unspecified atom stereocenters. The van der Waals surface area contributed by atoms with Crippen LogP contribution in [0.3, 0.4) is 0 Å². The van der Waals surface area contributed by atoms with E-state index in [4.69, 9.17) is 5.73 Å². The van der Waals surface area contributed by atoms with E-state index in [2.05, 4.69) is 10.00 Å². The van der Waals surface area contributed by atoms with E-state index >= 15 is 0 Å². The molecule has 0 bridgehead atoms. The molecule has 1 heterocycles. The van der Waals surface area contributed by atoms with Gasteiger partial charge < -0.3 is 5.73 Å². The Balaban J connectivity index is 1.59. The summed E-state index contributed by atoms with van der Waals surface area (Å²) in [5, 5.41) is 4.44. The van der Waals surface area contributed by atoms with Crippen LogP contribution < -0.4 is 5.73 Å². The third kappa shape index (κ3) is 5.43. The van der Waals surface area contributed by atoms with Crippen LogP contribution in [-0.4, -0.2) is 33.7 Å². The molecule has 1 amide bonds. The summed E-state index contributed by atoms with van der Waals surface area (Å²) in [6.07, 6.45) is 11.8. The first-order chi connectivity index (χ1) is 12.2. The minimum atomic E-state index is -0.265. The second kappa shape index (κ2) is 8.81. The average Bonchev–Trinajstić information content (AvgIpc) is 3.09. The molecule has 0 atom stereocenters. The lowest BCUT2D eigenvalue weighted by atomic mass is 9.87. The fourth-order valence-electron chi connectivity index (χ4n) is 3.70. The highest BCUT2D eigenvalue weighted by molar-refractivity contribution is 5.75. The summed E-state index contributed by atoms with van der Waals surface area (Å²) >= 11 is 0. The zero-order valence-corrected chi connectivity index (χ0v) is 14.8. The van der Waals surface area contributed by atoms with Crippen molar-refractivity contribution in [2.24, 2.45) is 11.7 Å². The van der Waals surface area contributed by atoms with Gasteiger partial charge in [0, 0.05) is 18.3 Å². The number of amides is 1. The SMILES string of the molecule is NC(=O)CN(CCC1CCCCC1)Cc1cnn(-c2ccccc2)c1. The van der Waals surface area contributed by atoms with E-state index in [1.54, 1.807) is 0 Å². The Bertz CT molecular complexity index is 661. The number of hydrogen-bond donors (Lipinski definition) is 1. The van der Waals surface area contributed by atoms with Gasteiger partial charge in [0.2, 0.25) is 5.91 Å². The van der Waals surface area contributed by atoms with Crippen molar-refractivity contribution in [2.45, 2.75) is 45.1 Å². The summed E-state index contributed by atoms with van der Waals surface area (Å²) in [4.78, 5) is 13.6. The van der Waals surface area contributed by atoms with Gasteiger partial charge in [0.1, 0.15) is 0 Å². The maximum atomic E-state index is 11.4. The van der Waals surface area contributed by atoms with Crippen molar-refractivity contribution in [3.05, 3.63) is 48.3 Å². The molecule has 1 aliphatic rings. The highest BCUT2D eigenvalue weighted by Crippen LogP contribution is 2.26. The second-order valence-electron chi connectivity index (χ2n) is 7.10. The number of rotatable bonds is 8. The van der Waals surface area contributed by atoms with Crippen molar-refractivity contribution in [3.8, 4) is 5.69 Å². The molecule has 1 aliphatic carbocycles. The lowest BCUT2D eigenvalue weighted by Crippen LogP contribution is -2.34. The van der Waals surface area contributed by atoms with E-state index in [1.165, 1.54) is 32.1 Å². The molecule has 3 rings (SSSR count). The molecule has 1 fully saturated rings. The molecule has 2 aromatic rings. The van der Waals surface area contributed by atoms with Gasteiger partial charge in [0.15, 0.2) is 0 Å². The minimum Gasteiger partial charge on any atom is -0.369 e.